The molecule has 2 aromatic rings. The smallest absolute Gasteiger partial charge is 0.335 e. The minimum atomic E-state index is -1.08. The van der Waals surface area contributed by atoms with E-state index >= 15 is 0 Å². The van der Waals surface area contributed by atoms with Crippen molar-refractivity contribution in [2.75, 3.05) is 10.2 Å². The van der Waals surface area contributed by atoms with E-state index in [0.29, 0.717) is 36.2 Å². The van der Waals surface area contributed by atoms with Gasteiger partial charge in [0.1, 0.15) is 0 Å². The molecule has 26 heavy (non-hydrogen) atoms. The molecule has 1 aliphatic rings. The zero-order valence-electron chi connectivity index (χ0n) is 13.8. The van der Waals surface area contributed by atoms with Gasteiger partial charge in [0, 0.05) is 24.1 Å². The number of piperidine rings is 1. The second kappa shape index (κ2) is 7.18. The van der Waals surface area contributed by atoms with Crippen molar-refractivity contribution in [3.8, 4) is 0 Å². The fraction of sp³-hybridized carbons (Fsp3) is 0.158. The summed E-state index contributed by atoms with van der Waals surface area (Å²) in [5.41, 5.74) is 1.19. The van der Waals surface area contributed by atoms with Crippen LogP contribution in [0.3, 0.4) is 0 Å². The first-order valence-corrected chi connectivity index (χ1v) is 8.06. The Morgan fingerprint density at radius 3 is 2.19 bits per heavy atom. The number of benzene rings is 2. The Labute approximate surface area is 149 Å². The maximum atomic E-state index is 12.3. The highest BCUT2D eigenvalue weighted by molar-refractivity contribution is 6.16. The van der Waals surface area contributed by atoms with E-state index in [4.69, 9.17) is 5.11 Å². The molecule has 0 spiro atoms. The van der Waals surface area contributed by atoms with Crippen LogP contribution in [0.1, 0.15) is 40.0 Å². The van der Waals surface area contributed by atoms with E-state index in [1.807, 2.05) is 0 Å². The number of hydrogen-bond donors (Lipinski definition) is 2. The van der Waals surface area contributed by atoms with Crippen molar-refractivity contribution in [1.29, 1.82) is 0 Å². The SMILES string of the molecule is O=C(O)c1cccc(NC(=O)c2ccc(N3C(=O)CCCC3=O)cc2)c1. The minimum Gasteiger partial charge on any atom is -0.478 e. The second-order valence-electron chi connectivity index (χ2n) is 5.86. The van der Waals surface area contributed by atoms with Gasteiger partial charge in [-0.2, -0.15) is 0 Å². The van der Waals surface area contributed by atoms with Crippen LogP contribution in [0.15, 0.2) is 48.5 Å². The largest absolute Gasteiger partial charge is 0.478 e. The molecule has 0 unspecified atom stereocenters. The van der Waals surface area contributed by atoms with Crippen molar-refractivity contribution in [3.05, 3.63) is 59.7 Å². The molecule has 0 saturated carbocycles. The second-order valence-corrected chi connectivity index (χ2v) is 5.86. The topological polar surface area (TPSA) is 104 Å². The van der Waals surface area contributed by atoms with Crippen LogP contribution in [-0.4, -0.2) is 28.8 Å². The van der Waals surface area contributed by atoms with Gasteiger partial charge in [0.2, 0.25) is 11.8 Å². The Morgan fingerprint density at radius 1 is 0.923 bits per heavy atom. The molecule has 1 saturated heterocycles. The maximum Gasteiger partial charge on any atom is 0.335 e. The lowest BCUT2D eigenvalue weighted by molar-refractivity contribution is -0.129. The van der Waals surface area contributed by atoms with Crippen molar-refractivity contribution in [2.24, 2.45) is 0 Å². The van der Waals surface area contributed by atoms with Crippen LogP contribution in [0.2, 0.25) is 0 Å². The van der Waals surface area contributed by atoms with Crippen molar-refractivity contribution in [2.45, 2.75) is 19.3 Å². The Bertz CT molecular complexity index is 873. The number of carboxylic acid groups (broad SMARTS) is 1. The summed E-state index contributed by atoms with van der Waals surface area (Å²) in [4.78, 5) is 48.3. The van der Waals surface area contributed by atoms with Gasteiger partial charge in [-0.05, 0) is 48.9 Å². The number of carboxylic acids is 1. The summed E-state index contributed by atoms with van der Waals surface area (Å²) >= 11 is 0. The number of carbonyl (C=O) groups is 4. The third-order valence-corrected chi connectivity index (χ3v) is 4.04. The van der Waals surface area contributed by atoms with E-state index < -0.39 is 11.9 Å². The van der Waals surface area contributed by atoms with E-state index in [-0.39, 0.29) is 17.4 Å². The number of aromatic carboxylic acids is 1. The summed E-state index contributed by atoms with van der Waals surface area (Å²) in [5, 5.41) is 11.6. The number of imide groups is 1. The fourth-order valence-electron chi connectivity index (χ4n) is 2.74. The summed E-state index contributed by atoms with van der Waals surface area (Å²) in [7, 11) is 0. The molecule has 2 N–H and O–H groups in total. The first-order valence-electron chi connectivity index (χ1n) is 8.06. The van der Waals surface area contributed by atoms with Gasteiger partial charge in [0.05, 0.1) is 11.3 Å². The van der Waals surface area contributed by atoms with E-state index in [2.05, 4.69) is 5.32 Å². The van der Waals surface area contributed by atoms with Gasteiger partial charge in [-0.3, -0.25) is 19.3 Å². The molecule has 1 heterocycles. The number of nitrogens with one attached hydrogen (secondary N) is 1. The van der Waals surface area contributed by atoms with Gasteiger partial charge in [-0.25, -0.2) is 4.79 Å². The number of amides is 3. The lowest BCUT2D eigenvalue weighted by atomic mass is 10.1. The molecule has 1 fully saturated rings. The van der Waals surface area contributed by atoms with E-state index in [1.54, 1.807) is 18.2 Å². The fourth-order valence-corrected chi connectivity index (χ4v) is 2.74. The van der Waals surface area contributed by atoms with Crippen molar-refractivity contribution in [3.63, 3.8) is 0 Å². The zero-order chi connectivity index (χ0) is 18.7. The van der Waals surface area contributed by atoms with E-state index in [1.165, 1.54) is 30.3 Å². The minimum absolute atomic E-state index is 0.0697. The number of nitrogens with zero attached hydrogens (tertiary/aromatic N) is 1. The molecule has 0 atom stereocenters. The highest BCUT2D eigenvalue weighted by Crippen LogP contribution is 2.22. The number of anilines is 2. The first kappa shape index (κ1) is 17.3. The number of rotatable bonds is 4. The Balaban J connectivity index is 1.75. The number of hydrogen-bond acceptors (Lipinski definition) is 4. The van der Waals surface area contributed by atoms with Crippen LogP contribution in [-0.2, 0) is 9.59 Å². The van der Waals surface area contributed by atoms with Gasteiger partial charge < -0.3 is 10.4 Å². The summed E-state index contributed by atoms with van der Waals surface area (Å²) < 4.78 is 0. The van der Waals surface area contributed by atoms with Crippen LogP contribution in [0.5, 0.6) is 0 Å². The Hall–Kier alpha value is -3.48. The van der Waals surface area contributed by atoms with Gasteiger partial charge in [-0.15, -0.1) is 0 Å². The van der Waals surface area contributed by atoms with Crippen LogP contribution in [0.25, 0.3) is 0 Å². The molecule has 132 valence electrons. The highest BCUT2D eigenvalue weighted by Gasteiger charge is 2.27. The zero-order valence-corrected chi connectivity index (χ0v) is 13.8. The first-order chi connectivity index (χ1) is 12.5. The molecule has 7 nitrogen and oxygen atoms in total. The monoisotopic (exact) mass is 352 g/mol. The van der Waals surface area contributed by atoms with Gasteiger partial charge >= 0.3 is 5.97 Å². The third kappa shape index (κ3) is 3.61. The quantitative estimate of drug-likeness (QED) is 0.823. The summed E-state index contributed by atoms with van der Waals surface area (Å²) in [5.74, 6) is -2.00. The lowest BCUT2D eigenvalue weighted by Gasteiger charge is -2.24. The molecular weight excluding hydrogens is 336 g/mol. The average molecular weight is 352 g/mol. The van der Waals surface area contributed by atoms with Crippen LogP contribution >= 0.6 is 0 Å². The van der Waals surface area contributed by atoms with Crippen LogP contribution in [0, 0.1) is 0 Å². The third-order valence-electron chi connectivity index (χ3n) is 4.04. The van der Waals surface area contributed by atoms with Crippen molar-refractivity contribution >= 4 is 35.1 Å². The Kier molecular flexibility index (Phi) is 4.79. The molecule has 0 aliphatic carbocycles. The normalized spacial score (nSPS) is 14.2. The molecule has 7 heteroatoms. The van der Waals surface area contributed by atoms with Gasteiger partial charge in [0.15, 0.2) is 0 Å². The molecule has 0 aromatic heterocycles. The highest BCUT2D eigenvalue weighted by atomic mass is 16.4. The summed E-state index contributed by atoms with van der Waals surface area (Å²) in [6, 6.07) is 12.0. The predicted octanol–water partition coefficient (Wildman–Crippen LogP) is 2.68. The standard InChI is InChI=1S/C19H16N2O5/c22-16-5-2-6-17(23)21(16)15-9-7-12(8-10-15)18(24)20-14-4-1-3-13(11-14)19(25)26/h1,3-4,7-11H,2,5-6H2,(H,20,24)(H,25,26). The van der Waals surface area contributed by atoms with Crippen molar-refractivity contribution in [1.82, 2.24) is 0 Å². The molecular formula is C19H16N2O5. The molecule has 1 aliphatic heterocycles. The van der Waals surface area contributed by atoms with Crippen LogP contribution < -0.4 is 10.2 Å². The van der Waals surface area contributed by atoms with Gasteiger partial charge in [-0.1, -0.05) is 6.07 Å². The van der Waals surface area contributed by atoms with E-state index in [0.717, 1.165) is 4.90 Å². The van der Waals surface area contributed by atoms with Crippen molar-refractivity contribution < 1.29 is 24.3 Å². The summed E-state index contributed by atoms with van der Waals surface area (Å²) in [6.07, 6.45) is 1.21. The van der Waals surface area contributed by atoms with Crippen LogP contribution in [0.4, 0.5) is 11.4 Å². The molecule has 3 amide bonds. The maximum absolute atomic E-state index is 12.3. The average Bonchev–Trinajstić information content (AvgIpc) is 2.62. The molecule has 0 bridgehead atoms. The molecule has 0 radical (unpaired) electrons. The predicted molar refractivity (Wildman–Crippen MR) is 94.1 cm³/mol. The molecule has 3 rings (SSSR count). The number of carbonyl (C=O) groups excluding carboxylic acids is 3. The Morgan fingerprint density at radius 2 is 1.58 bits per heavy atom. The van der Waals surface area contributed by atoms with Gasteiger partial charge in [0.25, 0.3) is 5.91 Å². The molecule has 2 aromatic carbocycles. The lowest BCUT2D eigenvalue weighted by Crippen LogP contribution is -2.40. The van der Waals surface area contributed by atoms with E-state index in [9.17, 15) is 19.2 Å². The summed E-state index contributed by atoms with van der Waals surface area (Å²) in [6.45, 7) is 0.